The molecule has 1 saturated heterocycles. The molecule has 1 heterocycles. The van der Waals surface area contributed by atoms with Crippen molar-refractivity contribution < 1.29 is 19.5 Å². The molecule has 0 aliphatic carbocycles. The first-order valence-corrected chi connectivity index (χ1v) is 5.25. The van der Waals surface area contributed by atoms with E-state index in [1.165, 1.54) is 6.92 Å². The molecule has 0 aromatic carbocycles. The number of likely N-dealkylation sites (tertiary alicyclic amines) is 1. The third-order valence-electron chi connectivity index (χ3n) is 2.72. The van der Waals surface area contributed by atoms with Crippen LogP contribution in [0.3, 0.4) is 0 Å². The maximum Gasteiger partial charge on any atom is 0.322 e. The van der Waals surface area contributed by atoms with E-state index < -0.39 is 5.97 Å². The monoisotopic (exact) mass is 228 g/mol. The molecular formula is C10H16N2O4. The summed E-state index contributed by atoms with van der Waals surface area (Å²) < 4.78 is 0. The van der Waals surface area contributed by atoms with Crippen LogP contribution in [0.1, 0.15) is 19.8 Å². The fourth-order valence-electron chi connectivity index (χ4n) is 1.76. The topological polar surface area (TPSA) is 86.7 Å². The smallest absolute Gasteiger partial charge is 0.322 e. The molecule has 16 heavy (non-hydrogen) atoms. The predicted octanol–water partition coefficient (Wildman–Crippen LogP) is -0.554. The Balaban J connectivity index is 2.33. The average Bonchev–Trinajstić information content (AvgIpc) is 2.26. The molecule has 0 spiro atoms. The number of nitrogens with one attached hydrogen (secondary N) is 1. The Morgan fingerprint density at radius 1 is 1.31 bits per heavy atom. The average molecular weight is 228 g/mol. The van der Waals surface area contributed by atoms with Crippen molar-refractivity contribution in [2.45, 2.75) is 19.8 Å². The quantitative estimate of drug-likeness (QED) is 0.678. The zero-order chi connectivity index (χ0) is 12.1. The molecule has 1 fully saturated rings. The van der Waals surface area contributed by atoms with Crippen molar-refractivity contribution in [3.05, 3.63) is 0 Å². The molecule has 1 rings (SSSR count). The number of rotatable bonds is 3. The van der Waals surface area contributed by atoms with Gasteiger partial charge in [0.15, 0.2) is 0 Å². The van der Waals surface area contributed by atoms with E-state index in [9.17, 15) is 14.4 Å². The lowest BCUT2D eigenvalue weighted by Gasteiger charge is -2.30. The highest BCUT2D eigenvalue weighted by molar-refractivity contribution is 5.83. The summed E-state index contributed by atoms with van der Waals surface area (Å²) in [6.45, 7) is 2.30. The number of carboxylic acid groups (broad SMARTS) is 1. The van der Waals surface area contributed by atoms with E-state index in [4.69, 9.17) is 5.11 Å². The van der Waals surface area contributed by atoms with E-state index in [1.807, 2.05) is 0 Å². The van der Waals surface area contributed by atoms with Crippen LogP contribution in [0.25, 0.3) is 0 Å². The summed E-state index contributed by atoms with van der Waals surface area (Å²) in [4.78, 5) is 34.5. The van der Waals surface area contributed by atoms with Crippen LogP contribution in [0.15, 0.2) is 0 Å². The third kappa shape index (κ3) is 3.52. The summed E-state index contributed by atoms with van der Waals surface area (Å²) in [6, 6.07) is 0. The number of carboxylic acids is 1. The molecule has 0 unspecified atom stereocenters. The van der Waals surface area contributed by atoms with Gasteiger partial charge in [-0.3, -0.25) is 14.4 Å². The van der Waals surface area contributed by atoms with Gasteiger partial charge < -0.3 is 15.3 Å². The Morgan fingerprint density at radius 3 is 2.31 bits per heavy atom. The second kappa shape index (κ2) is 5.48. The molecule has 6 heteroatoms. The summed E-state index contributed by atoms with van der Waals surface area (Å²) in [7, 11) is 0. The summed E-state index contributed by atoms with van der Waals surface area (Å²) in [6.07, 6.45) is 1.20. The van der Waals surface area contributed by atoms with E-state index >= 15 is 0 Å². The molecule has 90 valence electrons. The fraction of sp³-hybridized carbons (Fsp3) is 0.700. The van der Waals surface area contributed by atoms with Gasteiger partial charge in [-0.25, -0.2) is 0 Å². The molecule has 6 nitrogen and oxygen atoms in total. The number of amides is 2. The van der Waals surface area contributed by atoms with Crippen LogP contribution in [0, 0.1) is 5.92 Å². The first kappa shape index (κ1) is 12.5. The summed E-state index contributed by atoms with van der Waals surface area (Å²) in [5.41, 5.74) is 0. The van der Waals surface area contributed by atoms with Gasteiger partial charge in [-0.05, 0) is 12.8 Å². The summed E-state index contributed by atoms with van der Waals surface area (Å²) in [5, 5.41) is 10.8. The first-order valence-electron chi connectivity index (χ1n) is 5.25. The van der Waals surface area contributed by atoms with Crippen LogP contribution in [0.5, 0.6) is 0 Å². The molecule has 0 aromatic rings. The molecule has 0 saturated carbocycles. The highest BCUT2D eigenvalue weighted by atomic mass is 16.4. The minimum atomic E-state index is -1.05. The van der Waals surface area contributed by atoms with E-state index in [0.717, 1.165) is 0 Å². The Labute approximate surface area is 93.6 Å². The van der Waals surface area contributed by atoms with Crippen LogP contribution in [0.4, 0.5) is 0 Å². The minimum absolute atomic E-state index is 0.0180. The number of nitrogens with zero attached hydrogens (tertiary/aromatic N) is 1. The van der Waals surface area contributed by atoms with Gasteiger partial charge in [0.1, 0.15) is 6.54 Å². The van der Waals surface area contributed by atoms with Gasteiger partial charge >= 0.3 is 5.97 Å². The predicted molar refractivity (Wildman–Crippen MR) is 55.6 cm³/mol. The van der Waals surface area contributed by atoms with Crippen molar-refractivity contribution in [2.75, 3.05) is 19.6 Å². The van der Waals surface area contributed by atoms with Crippen LogP contribution in [-0.2, 0) is 14.4 Å². The van der Waals surface area contributed by atoms with Crippen molar-refractivity contribution in [1.29, 1.82) is 0 Å². The standard InChI is InChI=1S/C10H16N2O4/c1-7(13)12-4-2-8(3-5-12)10(16)11-6-9(14)15/h8H,2-6H2,1H3,(H,11,16)(H,14,15). The molecule has 0 aromatic heterocycles. The highest BCUT2D eigenvalue weighted by Crippen LogP contribution is 2.17. The molecule has 0 radical (unpaired) electrons. The first-order chi connectivity index (χ1) is 7.50. The van der Waals surface area contributed by atoms with Crippen LogP contribution < -0.4 is 5.32 Å². The van der Waals surface area contributed by atoms with Gasteiger partial charge in [0.25, 0.3) is 0 Å². The van der Waals surface area contributed by atoms with E-state index in [0.29, 0.717) is 25.9 Å². The van der Waals surface area contributed by atoms with Crippen molar-refractivity contribution >= 4 is 17.8 Å². The minimum Gasteiger partial charge on any atom is -0.480 e. The number of carbonyl (C=O) groups excluding carboxylic acids is 2. The molecule has 2 amide bonds. The zero-order valence-electron chi connectivity index (χ0n) is 9.23. The Hall–Kier alpha value is -1.59. The second-order valence-corrected chi connectivity index (χ2v) is 3.89. The van der Waals surface area contributed by atoms with Crippen LogP contribution in [-0.4, -0.2) is 47.4 Å². The molecular weight excluding hydrogens is 212 g/mol. The lowest BCUT2D eigenvalue weighted by Crippen LogP contribution is -2.43. The largest absolute Gasteiger partial charge is 0.480 e. The molecule has 0 bridgehead atoms. The fourth-order valence-corrected chi connectivity index (χ4v) is 1.76. The zero-order valence-corrected chi connectivity index (χ0v) is 9.23. The van der Waals surface area contributed by atoms with E-state index in [1.54, 1.807) is 4.90 Å². The van der Waals surface area contributed by atoms with Gasteiger partial charge in [0, 0.05) is 25.9 Å². The maximum atomic E-state index is 11.5. The lowest BCUT2D eigenvalue weighted by atomic mass is 9.96. The van der Waals surface area contributed by atoms with Crippen molar-refractivity contribution in [1.82, 2.24) is 10.2 Å². The van der Waals surface area contributed by atoms with Crippen molar-refractivity contribution in [2.24, 2.45) is 5.92 Å². The SMILES string of the molecule is CC(=O)N1CCC(C(=O)NCC(=O)O)CC1. The number of carbonyl (C=O) groups is 3. The Kier molecular flexibility index (Phi) is 4.28. The lowest BCUT2D eigenvalue weighted by molar-refractivity contribution is -0.139. The second-order valence-electron chi connectivity index (χ2n) is 3.89. The molecule has 1 aliphatic rings. The molecule has 2 N–H and O–H groups in total. The van der Waals surface area contributed by atoms with Gasteiger partial charge in [0.2, 0.25) is 11.8 Å². The summed E-state index contributed by atoms with van der Waals surface area (Å²) >= 11 is 0. The summed E-state index contributed by atoms with van der Waals surface area (Å²) in [5.74, 6) is -1.43. The van der Waals surface area contributed by atoms with Gasteiger partial charge in [-0.2, -0.15) is 0 Å². The number of hydrogen-bond acceptors (Lipinski definition) is 3. The van der Waals surface area contributed by atoms with E-state index in [2.05, 4.69) is 5.32 Å². The van der Waals surface area contributed by atoms with Crippen molar-refractivity contribution in [3.8, 4) is 0 Å². The Morgan fingerprint density at radius 2 is 1.88 bits per heavy atom. The van der Waals surface area contributed by atoms with Crippen LogP contribution in [0.2, 0.25) is 0 Å². The maximum absolute atomic E-state index is 11.5. The normalized spacial score (nSPS) is 16.9. The van der Waals surface area contributed by atoms with Crippen molar-refractivity contribution in [3.63, 3.8) is 0 Å². The van der Waals surface area contributed by atoms with Gasteiger partial charge in [-0.15, -0.1) is 0 Å². The number of piperidine rings is 1. The van der Waals surface area contributed by atoms with Crippen LogP contribution >= 0.6 is 0 Å². The van der Waals surface area contributed by atoms with Gasteiger partial charge in [0.05, 0.1) is 0 Å². The molecule has 1 aliphatic heterocycles. The number of hydrogen-bond donors (Lipinski definition) is 2. The third-order valence-corrected chi connectivity index (χ3v) is 2.72. The van der Waals surface area contributed by atoms with E-state index in [-0.39, 0.29) is 24.3 Å². The Bertz CT molecular complexity index is 295. The molecule has 0 atom stereocenters. The van der Waals surface area contributed by atoms with Gasteiger partial charge in [-0.1, -0.05) is 0 Å². The number of aliphatic carboxylic acids is 1. The highest BCUT2D eigenvalue weighted by Gasteiger charge is 2.25.